The van der Waals surface area contributed by atoms with Gasteiger partial charge in [-0.15, -0.1) is 0 Å². The molecule has 0 atom stereocenters. The summed E-state index contributed by atoms with van der Waals surface area (Å²) in [5.74, 6) is -0.0857. The molecule has 0 aromatic heterocycles. The summed E-state index contributed by atoms with van der Waals surface area (Å²) in [7, 11) is 0. The van der Waals surface area contributed by atoms with Crippen molar-refractivity contribution >= 4 is 29.1 Å². The molecular formula is C13H15ClN2O2. The lowest BCUT2D eigenvalue weighted by molar-refractivity contribution is 0.101. The average Bonchev–Trinajstić information content (AvgIpc) is 2.81. The van der Waals surface area contributed by atoms with Gasteiger partial charge in [-0.1, -0.05) is 11.6 Å². The Balaban J connectivity index is 2.07. The molecule has 1 aliphatic heterocycles. The third kappa shape index (κ3) is 2.82. The number of carbonyl (C=O) groups excluding carboxylic acids is 2. The normalized spacial score (nSPS) is 14.7. The van der Waals surface area contributed by atoms with Gasteiger partial charge in [0.15, 0.2) is 5.78 Å². The number of rotatable bonds is 2. The van der Waals surface area contributed by atoms with Crippen LogP contribution in [0.1, 0.15) is 30.1 Å². The van der Waals surface area contributed by atoms with Gasteiger partial charge in [0.2, 0.25) is 0 Å². The van der Waals surface area contributed by atoms with E-state index >= 15 is 0 Å². The van der Waals surface area contributed by atoms with Crippen molar-refractivity contribution in [1.29, 1.82) is 0 Å². The second-order valence-electron chi connectivity index (χ2n) is 4.38. The topological polar surface area (TPSA) is 49.4 Å². The second-order valence-corrected chi connectivity index (χ2v) is 4.78. The highest BCUT2D eigenvalue weighted by atomic mass is 35.5. The molecule has 1 heterocycles. The van der Waals surface area contributed by atoms with Crippen LogP contribution in [0.15, 0.2) is 18.2 Å². The summed E-state index contributed by atoms with van der Waals surface area (Å²) >= 11 is 5.98. The molecule has 0 unspecified atom stereocenters. The second kappa shape index (κ2) is 5.40. The van der Waals surface area contributed by atoms with Crippen LogP contribution < -0.4 is 5.32 Å². The van der Waals surface area contributed by atoms with E-state index in [0.717, 1.165) is 25.9 Å². The Morgan fingerprint density at radius 3 is 2.50 bits per heavy atom. The van der Waals surface area contributed by atoms with E-state index in [0.29, 0.717) is 16.3 Å². The molecule has 0 bridgehead atoms. The number of urea groups is 1. The van der Waals surface area contributed by atoms with Gasteiger partial charge < -0.3 is 10.2 Å². The maximum Gasteiger partial charge on any atom is 0.321 e. The van der Waals surface area contributed by atoms with Gasteiger partial charge in [-0.25, -0.2) is 4.79 Å². The molecule has 2 rings (SSSR count). The highest BCUT2D eigenvalue weighted by Crippen LogP contribution is 2.22. The fraction of sp³-hybridized carbons (Fsp3) is 0.385. The molecule has 2 amide bonds. The zero-order chi connectivity index (χ0) is 13.1. The molecule has 4 nitrogen and oxygen atoms in total. The van der Waals surface area contributed by atoms with Crippen LogP contribution in [-0.2, 0) is 0 Å². The largest absolute Gasteiger partial charge is 0.325 e. The van der Waals surface area contributed by atoms with E-state index in [9.17, 15) is 9.59 Å². The van der Waals surface area contributed by atoms with Crippen LogP contribution in [0.5, 0.6) is 0 Å². The molecule has 1 N–H and O–H groups in total. The number of likely N-dealkylation sites (tertiary alicyclic amines) is 1. The zero-order valence-corrected chi connectivity index (χ0v) is 11.0. The zero-order valence-electron chi connectivity index (χ0n) is 10.2. The van der Waals surface area contributed by atoms with Crippen LogP contribution in [0.25, 0.3) is 0 Å². The highest BCUT2D eigenvalue weighted by Gasteiger charge is 2.18. The Morgan fingerprint density at radius 2 is 1.94 bits per heavy atom. The molecule has 18 heavy (non-hydrogen) atoms. The lowest BCUT2D eigenvalue weighted by Crippen LogP contribution is -2.32. The van der Waals surface area contributed by atoms with E-state index in [2.05, 4.69) is 5.32 Å². The maximum atomic E-state index is 11.8. The van der Waals surface area contributed by atoms with Crippen molar-refractivity contribution in [3.8, 4) is 0 Å². The Kier molecular flexibility index (Phi) is 3.87. The van der Waals surface area contributed by atoms with Crippen molar-refractivity contribution in [2.24, 2.45) is 0 Å². The minimum atomic E-state index is -0.112. The quantitative estimate of drug-likeness (QED) is 0.836. The standard InChI is InChI=1S/C13H15ClN2O2/c1-9(17)11-5-4-10(8-12(11)14)15-13(18)16-6-2-3-7-16/h4-5,8H,2-3,6-7H2,1H3,(H,15,18). The lowest BCUT2D eigenvalue weighted by Gasteiger charge is -2.16. The molecule has 5 heteroatoms. The predicted molar refractivity (Wildman–Crippen MR) is 71.3 cm³/mol. The summed E-state index contributed by atoms with van der Waals surface area (Å²) in [6.07, 6.45) is 2.11. The van der Waals surface area contributed by atoms with Crippen LogP contribution in [0, 0.1) is 0 Å². The first-order chi connectivity index (χ1) is 8.58. The van der Waals surface area contributed by atoms with Crippen LogP contribution >= 0.6 is 11.6 Å². The number of benzene rings is 1. The number of nitrogens with one attached hydrogen (secondary N) is 1. The number of ketones is 1. The monoisotopic (exact) mass is 266 g/mol. The van der Waals surface area contributed by atoms with Crippen molar-refractivity contribution in [2.45, 2.75) is 19.8 Å². The van der Waals surface area contributed by atoms with Crippen molar-refractivity contribution in [1.82, 2.24) is 4.90 Å². The first-order valence-electron chi connectivity index (χ1n) is 5.94. The van der Waals surface area contributed by atoms with Gasteiger partial charge in [0.25, 0.3) is 0 Å². The number of hydrogen-bond acceptors (Lipinski definition) is 2. The van der Waals surface area contributed by atoms with Crippen LogP contribution in [0.2, 0.25) is 5.02 Å². The number of hydrogen-bond donors (Lipinski definition) is 1. The molecular weight excluding hydrogens is 252 g/mol. The van der Waals surface area contributed by atoms with Crippen molar-refractivity contribution < 1.29 is 9.59 Å². The van der Waals surface area contributed by atoms with Crippen molar-refractivity contribution in [3.63, 3.8) is 0 Å². The van der Waals surface area contributed by atoms with E-state index in [-0.39, 0.29) is 11.8 Å². The van der Waals surface area contributed by atoms with E-state index in [1.54, 1.807) is 23.1 Å². The number of halogens is 1. The fourth-order valence-electron chi connectivity index (χ4n) is 2.00. The summed E-state index contributed by atoms with van der Waals surface area (Å²) in [5.41, 5.74) is 1.08. The van der Waals surface area contributed by atoms with Crippen molar-refractivity contribution in [2.75, 3.05) is 18.4 Å². The minimum absolute atomic E-state index is 0.0857. The summed E-state index contributed by atoms with van der Waals surface area (Å²) < 4.78 is 0. The van der Waals surface area contributed by atoms with Gasteiger partial charge in [-0.05, 0) is 38.0 Å². The number of anilines is 1. The number of Topliss-reactive ketones (excluding diaryl/α,β-unsaturated/α-hetero) is 1. The summed E-state index contributed by atoms with van der Waals surface area (Å²) in [6, 6.07) is 4.81. The summed E-state index contributed by atoms with van der Waals surface area (Å²) in [5, 5.41) is 3.14. The minimum Gasteiger partial charge on any atom is -0.325 e. The van der Waals surface area contributed by atoms with Crippen molar-refractivity contribution in [3.05, 3.63) is 28.8 Å². The summed E-state index contributed by atoms with van der Waals surface area (Å²) in [4.78, 5) is 24.8. The molecule has 1 aromatic carbocycles. The van der Waals surface area contributed by atoms with Gasteiger partial charge >= 0.3 is 6.03 Å². The molecule has 96 valence electrons. The maximum absolute atomic E-state index is 11.8. The Morgan fingerprint density at radius 1 is 1.28 bits per heavy atom. The number of amides is 2. The van der Waals surface area contributed by atoms with Gasteiger partial charge in [0, 0.05) is 24.3 Å². The van der Waals surface area contributed by atoms with Gasteiger partial charge in [-0.3, -0.25) is 4.79 Å². The third-order valence-electron chi connectivity index (χ3n) is 2.99. The Labute approximate surface area is 111 Å². The molecule has 1 fully saturated rings. The van der Waals surface area contributed by atoms with Gasteiger partial charge in [0.1, 0.15) is 0 Å². The molecule has 1 saturated heterocycles. The van der Waals surface area contributed by atoms with E-state index in [4.69, 9.17) is 11.6 Å². The first kappa shape index (κ1) is 12.9. The predicted octanol–water partition coefficient (Wildman–Crippen LogP) is 3.17. The summed E-state index contributed by atoms with van der Waals surface area (Å²) in [6.45, 7) is 3.06. The molecule has 1 aliphatic rings. The molecule has 0 saturated carbocycles. The first-order valence-corrected chi connectivity index (χ1v) is 6.32. The number of carbonyl (C=O) groups is 2. The molecule has 1 aromatic rings. The van der Waals surface area contributed by atoms with Crippen LogP contribution in [0.4, 0.5) is 10.5 Å². The third-order valence-corrected chi connectivity index (χ3v) is 3.31. The lowest BCUT2D eigenvalue weighted by atomic mass is 10.1. The fourth-order valence-corrected chi connectivity index (χ4v) is 2.31. The van der Waals surface area contributed by atoms with E-state index in [1.165, 1.54) is 6.92 Å². The molecule has 0 spiro atoms. The molecule has 0 radical (unpaired) electrons. The SMILES string of the molecule is CC(=O)c1ccc(NC(=O)N2CCCC2)cc1Cl. The highest BCUT2D eigenvalue weighted by molar-refractivity contribution is 6.34. The van der Waals surface area contributed by atoms with Crippen LogP contribution in [0.3, 0.4) is 0 Å². The average molecular weight is 267 g/mol. The molecule has 0 aliphatic carbocycles. The Hall–Kier alpha value is -1.55. The van der Waals surface area contributed by atoms with Crippen LogP contribution in [-0.4, -0.2) is 29.8 Å². The smallest absolute Gasteiger partial charge is 0.321 e. The van der Waals surface area contributed by atoms with E-state index in [1.807, 2.05) is 0 Å². The van der Waals surface area contributed by atoms with E-state index < -0.39 is 0 Å². The van der Waals surface area contributed by atoms with Gasteiger partial charge in [0.05, 0.1) is 5.02 Å². The Bertz CT molecular complexity index is 482. The number of nitrogens with zero attached hydrogens (tertiary/aromatic N) is 1. The van der Waals surface area contributed by atoms with Gasteiger partial charge in [-0.2, -0.15) is 0 Å².